The van der Waals surface area contributed by atoms with Crippen molar-refractivity contribution < 1.29 is 5.21 Å². The normalized spacial score (nSPS) is 11.9. The van der Waals surface area contributed by atoms with E-state index >= 15 is 0 Å². The molecule has 0 aliphatic rings. The second-order valence-corrected chi connectivity index (χ2v) is 1.37. The highest BCUT2D eigenvalue weighted by Gasteiger charge is 1.86. The average molecular weight is 117 g/mol. The molecule has 0 atom stereocenters. The van der Waals surface area contributed by atoms with Crippen LogP contribution in [0.5, 0.6) is 0 Å². The van der Waals surface area contributed by atoms with E-state index in [1.54, 1.807) is 0 Å². The Morgan fingerprint density at radius 1 is 1.88 bits per heavy atom. The first-order chi connectivity index (χ1) is 3.81. The molecule has 0 bridgehead atoms. The van der Waals surface area contributed by atoms with Gasteiger partial charge >= 0.3 is 0 Å². The van der Waals surface area contributed by atoms with Gasteiger partial charge in [-0.05, 0) is 6.54 Å². The molecule has 0 spiro atoms. The summed E-state index contributed by atoms with van der Waals surface area (Å²) in [5, 5.41) is 13.6. The molecule has 0 saturated carbocycles. The zero-order valence-electron chi connectivity index (χ0n) is 4.89. The predicted octanol–water partition coefficient (Wildman–Crippen LogP) is -0.658. The third-order valence-corrected chi connectivity index (χ3v) is 0.685. The number of hydrogen-bond acceptors (Lipinski definition) is 3. The zero-order valence-corrected chi connectivity index (χ0v) is 4.89. The minimum atomic E-state index is 0.215. The standard InChI is InChI=1S/C4H11N3O/c1-2-6-3-4(5)7-8/h6,8H,2-3H2,1H3,(H2,5,7). The van der Waals surface area contributed by atoms with Crippen molar-refractivity contribution in [1.82, 2.24) is 5.32 Å². The van der Waals surface area contributed by atoms with Crippen molar-refractivity contribution >= 4 is 5.84 Å². The summed E-state index contributed by atoms with van der Waals surface area (Å²) in [6, 6.07) is 0. The van der Waals surface area contributed by atoms with Crippen LogP contribution in [0.3, 0.4) is 0 Å². The lowest BCUT2D eigenvalue weighted by Gasteiger charge is -1.95. The summed E-state index contributed by atoms with van der Waals surface area (Å²) in [7, 11) is 0. The lowest BCUT2D eigenvalue weighted by molar-refractivity contribution is 0.317. The van der Waals surface area contributed by atoms with Crippen LogP contribution in [0.1, 0.15) is 6.92 Å². The van der Waals surface area contributed by atoms with E-state index in [-0.39, 0.29) is 5.84 Å². The zero-order chi connectivity index (χ0) is 6.41. The van der Waals surface area contributed by atoms with Gasteiger partial charge in [-0.25, -0.2) is 0 Å². The van der Waals surface area contributed by atoms with Gasteiger partial charge in [0.05, 0.1) is 6.54 Å². The minimum absolute atomic E-state index is 0.215. The van der Waals surface area contributed by atoms with Gasteiger partial charge < -0.3 is 16.3 Å². The molecule has 0 unspecified atom stereocenters. The largest absolute Gasteiger partial charge is 0.409 e. The molecule has 8 heavy (non-hydrogen) atoms. The van der Waals surface area contributed by atoms with E-state index in [2.05, 4.69) is 10.5 Å². The maximum Gasteiger partial charge on any atom is 0.153 e. The summed E-state index contributed by atoms with van der Waals surface area (Å²) in [5.74, 6) is 0.215. The second-order valence-electron chi connectivity index (χ2n) is 1.37. The summed E-state index contributed by atoms with van der Waals surface area (Å²) in [6.45, 7) is 3.23. The van der Waals surface area contributed by atoms with Gasteiger partial charge in [-0.15, -0.1) is 0 Å². The van der Waals surface area contributed by atoms with Crippen molar-refractivity contribution in [2.24, 2.45) is 10.9 Å². The first-order valence-electron chi connectivity index (χ1n) is 2.48. The molecule has 0 aliphatic carbocycles. The van der Waals surface area contributed by atoms with Crippen LogP contribution < -0.4 is 11.1 Å². The number of oxime groups is 1. The number of nitrogens with one attached hydrogen (secondary N) is 1. The molecule has 0 aliphatic heterocycles. The molecule has 0 amide bonds. The highest BCUT2D eigenvalue weighted by atomic mass is 16.4. The SMILES string of the molecule is CCNC/C(N)=N/O. The van der Waals surface area contributed by atoms with E-state index in [0.717, 1.165) is 6.54 Å². The quantitative estimate of drug-likeness (QED) is 0.199. The Bertz CT molecular complexity index is 81.4. The Hall–Kier alpha value is -0.770. The van der Waals surface area contributed by atoms with E-state index in [4.69, 9.17) is 10.9 Å². The van der Waals surface area contributed by atoms with Crippen molar-refractivity contribution in [3.63, 3.8) is 0 Å². The molecule has 0 aromatic rings. The van der Waals surface area contributed by atoms with Crippen LogP contribution in [0.25, 0.3) is 0 Å². The molecule has 0 radical (unpaired) electrons. The molecular weight excluding hydrogens is 106 g/mol. The number of amidine groups is 1. The lowest BCUT2D eigenvalue weighted by Crippen LogP contribution is -2.28. The van der Waals surface area contributed by atoms with Crippen LogP contribution in [0, 0.1) is 0 Å². The van der Waals surface area contributed by atoms with Gasteiger partial charge in [-0.2, -0.15) is 0 Å². The van der Waals surface area contributed by atoms with Gasteiger partial charge in [-0.1, -0.05) is 12.1 Å². The summed E-state index contributed by atoms with van der Waals surface area (Å²) in [5.41, 5.74) is 5.10. The van der Waals surface area contributed by atoms with Gasteiger partial charge in [0.1, 0.15) is 0 Å². The van der Waals surface area contributed by atoms with E-state index in [9.17, 15) is 0 Å². The Morgan fingerprint density at radius 2 is 2.50 bits per heavy atom. The highest BCUT2D eigenvalue weighted by molar-refractivity contribution is 5.81. The molecule has 0 aromatic heterocycles. The molecular formula is C4H11N3O. The molecule has 48 valence electrons. The predicted molar refractivity (Wildman–Crippen MR) is 32.0 cm³/mol. The second kappa shape index (κ2) is 4.39. The maximum atomic E-state index is 7.98. The summed E-state index contributed by atoms with van der Waals surface area (Å²) in [4.78, 5) is 0. The molecule has 0 aromatic carbocycles. The smallest absolute Gasteiger partial charge is 0.153 e. The molecule has 0 fully saturated rings. The number of likely N-dealkylation sites (N-methyl/N-ethyl adjacent to an activating group) is 1. The fraction of sp³-hybridized carbons (Fsp3) is 0.750. The third kappa shape index (κ3) is 3.42. The van der Waals surface area contributed by atoms with Crippen LogP contribution in [-0.2, 0) is 0 Å². The number of nitrogens with two attached hydrogens (primary N) is 1. The topological polar surface area (TPSA) is 70.6 Å². The maximum absolute atomic E-state index is 7.98. The lowest BCUT2D eigenvalue weighted by atomic mass is 10.6. The van der Waals surface area contributed by atoms with Crippen LogP contribution in [0.2, 0.25) is 0 Å². The van der Waals surface area contributed by atoms with Crippen molar-refractivity contribution in [3.05, 3.63) is 0 Å². The van der Waals surface area contributed by atoms with E-state index in [0.29, 0.717) is 6.54 Å². The molecule has 0 heterocycles. The van der Waals surface area contributed by atoms with Crippen LogP contribution >= 0.6 is 0 Å². The Balaban J connectivity index is 3.12. The van der Waals surface area contributed by atoms with Crippen LogP contribution in [0.15, 0.2) is 5.16 Å². The fourth-order valence-corrected chi connectivity index (χ4v) is 0.288. The summed E-state index contributed by atoms with van der Waals surface area (Å²) >= 11 is 0. The highest BCUT2D eigenvalue weighted by Crippen LogP contribution is 1.60. The monoisotopic (exact) mass is 117 g/mol. The van der Waals surface area contributed by atoms with Crippen molar-refractivity contribution in [2.45, 2.75) is 6.92 Å². The molecule has 0 saturated heterocycles. The van der Waals surface area contributed by atoms with Crippen LogP contribution in [0.4, 0.5) is 0 Å². The van der Waals surface area contributed by atoms with Crippen molar-refractivity contribution in [2.75, 3.05) is 13.1 Å². The minimum Gasteiger partial charge on any atom is -0.409 e. The first-order valence-corrected chi connectivity index (χ1v) is 2.48. The fourth-order valence-electron chi connectivity index (χ4n) is 0.288. The van der Waals surface area contributed by atoms with Crippen molar-refractivity contribution in [1.29, 1.82) is 0 Å². The molecule has 4 nitrogen and oxygen atoms in total. The van der Waals surface area contributed by atoms with E-state index < -0.39 is 0 Å². The Labute approximate surface area is 48.4 Å². The van der Waals surface area contributed by atoms with Gasteiger partial charge in [0, 0.05) is 0 Å². The first kappa shape index (κ1) is 7.23. The van der Waals surface area contributed by atoms with Gasteiger partial charge in [0.25, 0.3) is 0 Å². The molecule has 4 heteroatoms. The summed E-state index contributed by atoms with van der Waals surface area (Å²) in [6.07, 6.45) is 0. The van der Waals surface area contributed by atoms with E-state index in [1.165, 1.54) is 0 Å². The number of nitrogens with zero attached hydrogens (tertiary/aromatic N) is 1. The van der Waals surface area contributed by atoms with Crippen molar-refractivity contribution in [3.8, 4) is 0 Å². The summed E-state index contributed by atoms with van der Waals surface area (Å²) < 4.78 is 0. The van der Waals surface area contributed by atoms with Gasteiger partial charge in [0.15, 0.2) is 5.84 Å². The molecule has 0 rings (SSSR count). The Morgan fingerprint density at radius 3 is 2.88 bits per heavy atom. The number of rotatable bonds is 3. The van der Waals surface area contributed by atoms with Gasteiger partial charge in [0.2, 0.25) is 0 Å². The third-order valence-electron chi connectivity index (χ3n) is 0.685. The molecule has 4 N–H and O–H groups in total. The van der Waals surface area contributed by atoms with E-state index in [1.807, 2.05) is 6.92 Å². The number of hydrogen-bond donors (Lipinski definition) is 3. The van der Waals surface area contributed by atoms with Gasteiger partial charge in [-0.3, -0.25) is 0 Å². The Kier molecular flexibility index (Phi) is 3.97. The van der Waals surface area contributed by atoms with Crippen LogP contribution in [-0.4, -0.2) is 24.1 Å². The average Bonchev–Trinajstić information content (AvgIpc) is 1.83.